The molecule has 1 spiro atoms. The maximum absolute atomic E-state index is 7.84. The van der Waals surface area contributed by atoms with Gasteiger partial charge in [-0.25, -0.2) is 0 Å². The molecule has 5 nitrogen and oxygen atoms in total. The number of benzene rings is 5. The average Bonchev–Trinajstić information content (AvgIpc) is 3.70. The Morgan fingerprint density at radius 1 is 0.691 bits per heavy atom. The molecule has 0 aromatic heterocycles. The zero-order valence-corrected chi connectivity index (χ0v) is 33.3. The standard InChI is InChI=1S/C50H52O5/c1-47(2)27-48(3,4)29-49(28-47)38-14-10-8-12-34(38)42-41-37(26-40(53-7)46-43(41)35-13-9-11-15-39(35)54-46)45-36(44(42)49)24-25-50(55-45,30-16-20-32(51-5)21-17-30)31-18-22-33(52-6)23-19-31/h8,10,12,14,16-26,35,39H,9,11,13,15,27-29H2,1-7H3. The molecule has 2 saturated carbocycles. The second-order valence-corrected chi connectivity index (χ2v) is 18.4. The highest BCUT2D eigenvalue weighted by atomic mass is 16.5. The lowest BCUT2D eigenvalue weighted by Gasteiger charge is -2.52. The van der Waals surface area contributed by atoms with Gasteiger partial charge in [-0.15, -0.1) is 0 Å². The Bertz CT molecular complexity index is 2320. The molecule has 3 aliphatic carbocycles. The van der Waals surface area contributed by atoms with Gasteiger partial charge in [0.25, 0.3) is 0 Å². The second kappa shape index (κ2) is 12.0. The van der Waals surface area contributed by atoms with Gasteiger partial charge in [-0.05, 0) is 108 Å². The summed E-state index contributed by atoms with van der Waals surface area (Å²) in [7, 11) is 5.20. The van der Waals surface area contributed by atoms with Gasteiger partial charge in [0.1, 0.15) is 23.4 Å². The van der Waals surface area contributed by atoms with Gasteiger partial charge in [0, 0.05) is 44.4 Å². The van der Waals surface area contributed by atoms with Crippen molar-refractivity contribution in [3.63, 3.8) is 0 Å². The third kappa shape index (κ3) is 4.97. The molecule has 282 valence electrons. The van der Waals surface area contributed by atoms with Crippen LogP contribution in [0.3, 0.4) is 0 Å². The molecule has 0 N–H and O–H groups in total. The Labute approximate surface area is 325 Å². The third-order valence-electron chi connectivity index (χ3n) is 13.6. The first-order chi connectivity index (χ1) is 26.5. The van der Waals surface area contributed by atoms with E-state index < -0.39 is 5.60 Å². The molecular formula is C50H52O5. The van der Waals surface area contributed by atoms with E-state index in [1.165, 1.54) is 58.0 Å². The summed E-state index contributed by atoms with van der Waals surface area (Å²) < 4.78 is 32.3. The maximum atomic E-state index is 7.84. The quantitative estimate of drug-likeness (QED) is 0.180. The van der Waals surface area contributed by atoms with Gasteiger partial charge in [0.05, 0.1) is 21.3 Å². The number of methoxy groups -OCH3 is 3. The lowest BCUT2D eigenvalue weighted by atomic mass is 9.52. The molecule has 5 aromatic rings. The normalized spacial score (nSPS) is 22.7. The van der Waals surface area contributed by atoms with Crippen LogP contribution in [0.5, 0.6) is 28.7 Å². The van der Waals surface area contributed by atoms with E-state index in [9.17, 15) is 0 Å². The summed E-state index contributed by atoms with van der Waals surface area (Å²) in [6.45, 7) is 9.93. The van der Waals surface area contributed by atoms with E-state index >= 15 is 0 Å². The molecule has 10 rings (SSSR count). The van der Waals surface area contributed by atoms with E-state index in [2.05, 4.69) is 94.4 Å². The van der Waals surface area contributed by atoms with Crippen LogP contribution in [0.4, 0.5) is 0 Å². The molecule has 0 saturated heterocycles. The molecule has 2 aliphatic heterocycles. The van der Waals surface area contributed by atoms with Gasteiger partial charge in [0.15, 0.2) is 17.1 Å². The van der Waals surface area contributed by atoms with Gasteiger partial charge < -0.3 is 23.7 Å². The first-order valence-corrected chi connectivity index (χ1v) is 20.2. The first-order valence-electron chi connectivity index (χ1n) is 20.2. The minimum absolute atomic E-state index is 0.132. The van der Waals surface area contributed by atoms with Crippen molar-refractivity contribution in [1.29, 1.82) is 0 Å². The van der Waals surface area contributed by atoms with Crippen molar-refractivity contribution in [3.05, 3.63) is 118 Å². The fourth-order valence-corrected chi connectivity index (χ4v) is 12.3. The highest BCUT2D eigenvalue weighted by Gasteiger charge is 2.56. The lowest BCUT2D eigenvalue weighted by molar-refractivity contribution is 0.0642. The van der Waals surface area contributed by atoms with E-state index in [4.69, 9.17) is 23.7 Å². The Hall–Kier alpha value is -4.90. The third-order valence-corrected chi connectivity index (χ3v) is 13.6. The van der Waals surface area contributed by atoms with Crippen LogP contribution in [-0.4, -0.2) is 27.4 Å². The Balaban J connectivity index is 1.34. The average molecular weight is 733 g/mol. The van der Waals surface area contributed by atoms with Crippen LogP contribution in [0.25, 0.3) is 28.0 Å². The molecule has 0 bridgehead atoms. The van der Waals surface area contributed by atoms with Crippen LogP contribution < -0.4 is 23.7 Å². The minimum atomic E-state index is -0.924. The largest absolute Gasteiger partial charge is 0.497 e. The van der Waals surface area contributed by atoms with Gasteiger partial charge >= 0.3 is 0 Å². The van der Waals surface area contributed by atoms with Crippen LogP contribution in [0.2, 0.25) is 0 Å². The Morgan fingerprint density at radius 2 is 1.33 bits per heavy atom. The summed E-state index contributed by atoms with van der Waals surface area (Å²) in [4.78, 5) is 0. The van der Waals surface area contributed by atoms with Gasteiger partial charge in [0.2, 0.25) is 0 Å². The van der Waals surface area contributed by atoms with Crippen LogP contribution in [-0.2, 0) is 11.0 Å². The topological polar surface area (TPSA) is 46.2 Å². The molecule has 2 unspecified atom stereocenters. The number of rotatable bonds is 5. The predicted molar refractivity (Wildman–Crippen MR) is 220 cm³/mol. The Kier molecular flexibility index (Phi) is 7.58. The molecule has 0 radical (unpaired) electrons. The molecular weight excluding hydrogens is 681 g/mol. The fraction of sp³-hybridized carbons (Fsp3) is 0.400. The minimum Gasteiger partial charge on any atom is -0.497 e. The molecule has 5 aliphatic rings. The van der Waals surface area contributed by atoms with Gasteiger partial charge in [-0.2, -0.15) is 0 Å². The van der Waals surface area contributed by atoms with Crippen molar-refractivity contribution in [2.75, 3.05) is 21.3 Å². The van der Waals surface area contributed by atoms with E-state index in [1.807, 2.05) is 24.3 Å². The first kappa shape index (κ1) is 34.6. The van der Waals surface area contributed by atoms with Crippen molar-refractivity contribution in [2.24, 2.45) is 10.8 Å². The number of ether oxygens (including phenoxy) is 5. The van der Waals surface area contributed by atoms with Crippen molar-refractivity contribution in [1.82, 2.24) is 0 Å². The highest BCUT2D eigenvalue weighted by Crippen LogP contribution is 2.68. The Morgan fingerprint density at radius 3 is 1.96 bits per heavy atom. The number of fused-ring (bicyclic) bond motifs is 14. The summed E-state index contributed by atoms with van der Waals surface area (Å²) in [5.41, 5.74) is 9.32. The highest BCUT2D eigenvalue weighted by molar-refractivity contribution is 6.12. The molecule has 5 aromatic carbocycles. The van der Waals surface area contributed by atoms with Gasteiger partial charge in [-0.3, -0.25) is 0 Å². The monoisotopic (exact) mass is 732 g/mol. The van der Waals surface area contributed by atoms with E-state index in [-0.39, 0.29) is 22.3 Å². The molecule has 2 atom stereocenters. The molecule has 55 heavy (non-hydrogen) atoms. The summed E-state index contributed by atoms with van der Waals surface area (Å²) in [6, 6.07) is 28.2. The summed E-state index contributed by atoms with van der Waals surface area (Å²) >= 11 is 0. The number of hydrogen-bond donors (Lipinski definition) is 0. The van der Waals surface area contributed by atoms with Crippen molar-refractivity contribution in [2.45, 2.75) is 95.7 Å². The second-order valence-electron chi connectivity index (χ2n) is 18.4. The predicted octanol–water partition coefficient (Wildman–Crippen LogP) is 12.1. The van der Waals surface area contributed by atoms with Gasteiger partial charge in [-0.1, -0.05) is 88.7 Å². The van der Waals surface area contributed by atoms with Crippen molar-refractivity contribution < 1.29 is 23.7 Å². The van der Waals surface area contributed by atoms with Crippen LogP contribution >= 0.6 is 0 Å². The van der Waals surface area contributed by atoms with Crippen molar-refractivity contribution >= 4 is 16.8 Å². The zero-order chi connectivity index (χ0) is 37.9. The summed E-state index contributed by atoms with van der Waals surface area (Å²) in [5, 5.41) is 2.38. The van der Waals surface area contributed by atoms with E-state index in [0.717, 1.165) is 70.9 Å². The number of hydrogen-bond acceptors (Lipinski definition) is 5. The van der Waals surface area contributed by atoms with E-state index in [0.29, 0.717) is 5.92 Å². The SMILES string of the molecule is COc1ccc(C2(c3ccc(OC)cc3)C=Cc3c4c(c5c6c(c(OC)cc5c3O2)OC2CCCCC62)-c2ccccc2C42CC(C)(C)CC(C)(C)C2)cc1. The maximum Gasteiger partial charge on any atom is 0.178 e. The summed E-state index contributed by atoms with van der Waals surface area (Å²) in [6.07, 6.45) is 12.8. The van der Waals surface area contributed by atoms with Crippen LogP contribution in [0, 0.1) is 10.8 Å². The smallest absolute Gasteiger partial charge is 0.178 e. The zero-order valence-electron chi connectivity index (χ0n) is 33.3. The summed E-state index contributed by atoms with van der Waals surface area (Å²) in [5.74, 6) is 4.55. The van der Waals surface area contributed by atoms with Crippen LogP contribution in [0.1, 0.15) is 112 Å². The van der Waals surface area contributed by atoms with Crippen LogP contribution in [0.15, 0.2) is 84.9 Å². The fourth-order valence-electron chi connectivity index (χ4n) is 12.3. The molecule has 2 heterocycles. The molecule has 0 amide bonds. The molecule has 2 fully saturated rings. The van der Waals surface area contributed by atoms with Crippen molar-refractivity contribution in [3.8, 4) is 39.9 Å². The lowest BCUT2D eigenvalue weighted by Crippen LogP contribution is -2.44. The van der Waals surface area contributed by atoms with E-state index in [1.54, 1.807) is 21.3 Å². The molecule has 5 heteroatoms.